The number of guanidine groups is 1. The van der Waals surface area contributed by atoms with Gasteiger partial charge in [-0.3, -0.25) is 4.68 Å². The molecular formula is C17H34IN7O2. The Balaban J connectivity index is 0.00000676. The summed E-state index contributed by atoms with van der Waals surface area (Å²) in [6.45, 7) is 11.5. The summed E-state index contributed by atoms with van der Waals surface area (Å²) >= 11 is 0. The number of aliphatic imine (C=N–C) groups is 1. The zero-order valence-electron chi connectivity index (χ0n) is 17.4. The smallest absolute Gasteiger partial charge is 0.410 e. The molecule has 0 bridgehead atoms. The van der Waals surface area contributed by atoms with E-state index in [4.69, 9.17) is 4.74 Å². The van der Waals surface area contributed by atoms with Gasteiger partial charge in [0.2, 0.25) is 0 Å². The lowest BCUT2D eigenvalue weighted by atomic mass is 10.2. The summed E-state index contributed by atoms with van der Waals surface area (Å²) < 4.78 is 7.09. The number of aryl methyl sites for hydroxylation is 1. The zero-order valence-corrected chi connectivity index (χ0v) is 19.8. The molecule has 0 fully saturated rings. The van der Waals surface area contributed by atoms with E-state index in [2.05, 4.69) is 25.7 Å². The minimum Gasteiger partial charge on any atom is -0.444 e. The Bertz CT molecular complexity index is 598. The number of hydrogen-bond donors (Lipinski definition) is 2. The van der Waals surface area contributed by atoms with Crippen LogP contribution in [0.1, 0.15) is 46.9 Å². The van der Waals surface area contributed by atoms with E-state index in [0.717, 1.165) is 18.8 Å². The highest BCUT2D eigenvalue weighted by Gasteiger charge is 2.22. The number of amides is 1. The van der Waals surface area contributed by atoms with Crippen LogP contribution in [0.4, 0.5) is 4.79 Å². The molecule has 0 radical (unpaired) electrons. The Morgan fingerprint density at radius 1 is 1.41 bits per heavy atom. The van der Waals surface area contributed by atoms with Gasteiger partial charge in [-0.15, -0.1) is 24.0 Å². The number of rotatable bonds is 7. The van der Waals surface area contributed by atoms with Crippen molar-refractivity contribution in [1.29, 1.82) is 0 Å². The van der Waals surface area contributed by atoms with Gasteiger partial charge in [0.25, 0.3) is 0 Å². The number of nitrogens with zero attached hydrogens (tertiary/aromatic N) is 5. The van der Waals surface area contributed by atoms with Crippen molar-refractivity contribution in [3.63, 3.8) is 0 Å². The van der Waals surface area contributed by atoms with Crippen molar-refractivity contribution in [3.8, 4) is 0 Å². The van der Waals surface area contributed by atoms with Crippen LogP contribution in [0.2, 0.25) is 0 Å². The summed E-state index contributed by atoms with van der Waals surface area (Å²) in [5.74, 6) is 1.50. The number of halogens is 1. The van der Waals surface area contributed by atoms with Crippen LogP contribution < -0.4 is 10.6 Å². The number of carbonyl (C=O) groups is 1. The first-order valence-electron chi connectivity index (χ1n) is 8.95. The van der Waals surface area contributed by atoms with Gasteiger partial charge < -0.3 is 20.3 Å². The molecule has 10 heteroatoms. The van der Waals surface area contributed by atoms with Gasteiger partial charge >= 0.3 is 6.09 Å². The summed E-state index contributed by atoms with van der Waals surface area (Å²) in [5.41, 5.74) is -0.492. The average molecular weight is 495 g/mol. The van der Waals surface area contributed by atoms with E-state index in [1.807, 2.05) is 41.7 Å². The second kappa shape index (κ2) is 12.0. The minimum absolute atomic E-state index is 0. The van der Waals surface area contributed by atoms with Crippen LogP contribution in [0.3, 0.4) is 0 Å². The minimum atomic E-state index is -0.492. The number of nitrogens with one attached hydrogen (secondary N) is 2. The molecule has 0 aromatic carbocycles. The molecule has 1 atom stereocenters. The Hall–Kier alpha value is -1.59. The SMILES string of the molecule is CCNC(=NCc1ncnn1C)NCCC(C)N(C)C(=O)OC(C)(C)C.I. The van der Waals surface area contributed by atoms with E-state index in [1.165, 1.54) is 6.33 Å². The lowest BCUT2D eigenvalue weighted by Crippen LogP contribution is -2.42. The van der Waals surface area contributed by atoms with Gasteiger partial charge in [0.1, 0.15) is 24.3 Å². The standard InChI is InChI=1S/C17H33N7O2.HI/c1-8-18-15(20-11-14-21-12-22-24(14)7)19-10-9-13(2)23(6)16(25)26-17(3,4)5;/h12-13H,8-11H2,1-7H3,(H2,18,19,20);1H. The van der Waals surface area contributed by atoms with E-state index < -0.39 is 5.60 Å². The van der Waals surface area contributed by atoms with Crippen LogP contribution in [0.15, 0.2) is 11.3 Å². The number of carbonyl (C=O) groups excluding carboxylic acids is 1. The van der Waals surface area contributed by atoms with Crippen LogP contribution in [0.25, 0.3) is 0 Å². The summed E-state index contributed by atoms with van der Waals surface area (Å²) in [6, 6.07) is 0.0407. The van der Waals surface area contributed by atoms with Gasteiger partial charge in [-0.2, -0.15) is 5.10 Å². The molecule has 1 heterocycles. The predicted octanol–water partition coefficient (Wildman–Crippen LogP) is 2.13. The molecule has 0 spiro atoms. The van der Waals surface area contributed by atoms with Crippen molar-refractivity contribution < 1.29 is 9.53 Å². The third-order valence-corrected chi connectivity index (χ3v) is 3.73. The first kappa shape index (κ1) is 25.4. The van der Waals surface area contributed by atoms with Gasteiger partial charge in [-0.25, -0.2) is 14.8 Å². The van der Waals surface area contributed by atoms with Gasteiger partial charge in [-0.05, 0) is 41.0 Å². The van der Waals surface area contributed by atoms with Gasteiger partial charge in [0.05, 0.1) is 0 Å². The van der Waals surface area contributed by atoms with Crippen molar-refractivity contribution >= 4 is 36.0 Å². The summed E-state index contributed by atoms with van der Waals surface area (Å²) in [5, 5.41) is 10.5. The van der Waals surface area contributed by atoms with Crippen molar-refractivity contribution in [2.75, 3.05) is 20.1 Å². The Morgan fingerprint density at radius 2 is 2.07 bits per heavy atom. The van der Waals surface area contributed by atoms with Crippen LogP contribution in [0.5, 0.6) is 0 Å². The molecule has 9 nitrogen and oxygen atoms in total. The molecule has 156 valence electrons. The van der Waals surface area contributed by atoms with Gasteiger partial charge in [0.15, 0.2) is 5.96 Å². The molecule has 1 unspecified atom stereocenters. The molecule has 0 aliphatic heterocycles. The van der Waals surface area contributed by atoms with E-state index in [-0.39, 0.29) is 36.1 Å². The maximum absolute atomic E-state index is 12.1. The Kier molecular flexibility index (Phi) is 11.3. The highest BCUT2D eigenvalue weighted by molar-refractivity contribution is 14.0. The van der Waals surface area contributed by atoms with E-state index in [0.29, 0.717) is 19.0 Å². The van der Waals surface area contributed by atoms with Crippen molar-refractivity contribution in [3.05, 3.63) is 12.2 Å². The lowest BCUT2D eigenvalue weighted by molar-refractivity contribution is 0.0230. The second-order valence-corrected chi connectivity index (χ2v) is 7.15. The lowest BCUT2D eigenvalue weighted by Gasteiger charge is -2.28. The molecule has 1 aromatic rings. The number of aromatic nitrogens is 3. The first-order valence-corrected chi connectivity index (χ1v) is 8.95. The predicted molar refractivity (Wildman–Crippen MR) is 117 cm³/mol. The molecular weight excluding hydrogens is 461 g/mol. The third-order valence-electron chi connectivity index (χ3n) is 3.73. The highest BCUT2D eigenvalue weighted by atomic mass is 127. The fourth-order valence-corrected chi connectivity index (χ4v) is 2.06. The monoisotopic (exact) mass is 495 g/mol. The van der Waals surface area contributed by atoms with Crippen molar-refractivity contribution in [2.24, 2.45) is 12.0 Å². The van der Waals surface area contributed by atoms with E-state index >= 15 is 0 Å². The van der Waals surface area contributed by atoms with Crippen LogP contribution in [-0.4, -0.2) is 63.5 Å². The van der Waals surface area contributed by atoms with Crippen LogP contribution >= 0.6 is 24.0 Å². The summed E-state index contributed by atoms with van der Waals surface area (Å²) in [4.78, 5) is 22.4. The van der Waals surface area contributed by atoms with E-state index in [1.54, 1.807) is 16.6 Å². The second-order valence-electron chi connectivity index (χ2n) is 7.15. The molecule has 1 rings (SSSR count). The highest BCUT2D eigenvalue weighted by Crippen LogP contribution is 2.11. The molecule has 0 aliphatic carbocycles. The Morgan fingerprint density at radius 3 is 2.59 bits per heavy atom. The van der Waals surface area contributed by atoms with Crippen LogP contribution in [-0.2, 0) is 18.3 Å². The maximum Gasteiger partial charge on any atom is 0.410 e. The fraction of sp³-hybridized carbons (Fsp3) is 0.765. The number of hydrogen-bond acceptors (Lipinski definition) is 5. The third kappa shape index (κ3) is 9.78. The molecule has 1 aromatic heterocycles. The van der Waals surface area contributed by atoms with Crippen LogP contribution in [0, 0.1) is 0 Å². The first-order chi connectivity index (χ1) is 12.1. The van der Waals surface area contributed by atoms with Crippen molar-refractivity contribution in [1.82, 2.24) is 30.3 Å². The topological polar surface area (TPSA) is 96.7 Å². The summed E-state index contributed by atoms with van der Waals surface area (Å²) in [7, 11) is 3.60. The Labute approximate surface area is 179 Å². The maximum atomic E-state index is 12.1. The zero-order chi connectivity index (χ0) is 19.7. The fourth-order valence-electron chi connectivity index (χ4n) is 2.06. The molecule has 2 N–H and O–H groups in total. The molecule has 0 saturated heterocycles. The summed E-state index contributed by atoms with van der Waals surface area (Å²) in [6.07, 6.45) is 1.97. The van der Waals surface area contributed by atoms with Gasteiger partial charge in [0, 0.05) is 33.2 Å². The molecule has 1 amide bonds. The quantitative estimate of drug-likeness (QED) is 0.342. The van der Waals surface area contributed by atoms with Gasteiger partial charge in [-0.1, -0.05) is 0 Å². The molecule has 0 saturated carbocycles. The average Bonchev–Trinajstić information content (AvgIpc) is 2.95. The largest absolute Gasteiger partial charge is 0.444 e. The molecule has 27 heavy (non-hydrogen) atoms. The normalized spacial score (nSPS) is 12.8. The molecule has 0 aliphatic rings. The number of ether oxygens (including phenoxy) is 1. The van der Waals surface area contributed by atoms with E-state index in [9.17, 15) is 4.79 Å². The van der Waals surface area contributed by atoms with Crippen molar-refractivity contribution in [2.45, 2.75) is 59.2 Å².